The van der Waals surface area contributed by atoms with E-state index >= 15 is 0 Å². The molecule has 0 N–H and O–H groups in total. The molecule has 0 aliphatic carbocycles. The van der Waals surface area contributed by atoms with Gasteiger partial charge in [0.05, 0.1) is 6.61 Å². The molecule has 372 valence electrons. The smallest absolute Gasteiger partial charge is 0.306 e. The number of hydrogen-bond donors (Lipinski definition) is 0. The van der Waals surface area contributed by atoms with E-state index in [1.807, 2.05) is 0 Å². The molecule has 0 aliphatic rings. The summed E-state index contributed by atoms with van der Waals surface area (Å²) < 4.78 is 17.5. The maximum atomic E-state index is 12.8. The van der Waals surface area contributed by atoms with E-state index in [0.717, 1.165) is 77.0 Å². The highest BCUT2D eigenvalue weighted by atomic mass is 16.6. The highest BCUT2D eigenvalue weighted by Gasteiger charge is 2.17. The normalized spacial score (nSPS) is 12.6. The van der Waals surface area contributed by atoms with Crippen molar-refractivity contribution in [2.75, 3.05) is 19.8 Å². The standard InChI is InChI=1S/C59H106O5/c1-4-7-10-13-16-19-22-25-28-29-30-33-36-39-42-45-48-51-54-62-55-57(64-59(61)53-50-47-44-41-38-35-32-27-24-21-18-15-12-9-6-3)56-63-58(60)52-49-46-43-40-37-34-31-26-23-20-17-14-11-8-5-2/h7,10,16-17,19-20,25-26,28,31,57H,4-6,8-9,11-15,18,21-24,27,29-30,32-56H2,1-3H3/b10-7-,19-16-,20-17-,28-25-,31-26-. The molecule has 0 rings (SSSR count). The molecule has 0 amide bonds. The van der Waals surface area contributed by atoms with Gasteiger partial charge in [0, 0.05) is 19.4 Å². The number of unbranched alkanes of at least 4 members (excludes halogenated alkanes) is 30. The molecule has 64 heavy (non-hydrogen) atoms. The van der Waals surface area contributed by atoms with Crippen molar-refractivity contribution >= 4 is 11.9 Å². The largest absolute Gasteiger partial charge is 0.462 e. The van der Waals surface area contributed by atoms with Crippen molar-refractivity contribution in [2.24, 2.45) is 0 Å². The van der Waals surface area contributed by atoms with Crippen molar-refractivity contribution in [1.29, 1.82) is 0 Å². The van der Waals surface area contributed by atoms with Crippen LogP contribution in [0.3, 0.4) is 0 Å². The van der Waals surface area contributed by atoms with Crippen molar-refractivity contribution in [1.82, 2.24) is 0 Å². The fourth-order valence-corrected chi connectivity index (χ4v) is 7.91. The lowest BCUT2D eigenvalue weighted by atomic mass is 10.0. The molecule has 0 saturated heterocycles. The second-order valence-electron chi connectivity index (χ2n) is 18.5. The van der Waals surface area contributed by atoms with Gasteiger partial charge in [-0.1, -0.05) is 242 Å². The summed E-state index contributed by atoms with van der Waals surface area (Å²) in [4.78, 5) is 25.5. The molecule has 1 atom stereocenters. The van der Waals surface area contributed by atoms with Gasteiger partial charge in [0.1, 0.15) is 6.61 Å². The molecule has 0 aliphatic heterocycles. The lowest BCUT2D eigenvalue weighted by Crippen LogP contribution is -2.30. The maximum Gasteiger partial charge on any atom is 0.306 e. The highest BCUT2D eigenvalue weighted by Crippen LogP contribution is 2.16. The minimum absolute atomic E-state index is 0.0769. The Bertz CT molecular complexity index is 1100. The lowest BCUT2D eigenvalue weighted by molar-refractivity contribution is -0.163. The number of carbonyl (C=O) groups is 2. The number of ether oxygens (including phenoxy) is 3. The molecule has 0 bridgehead atoms. The van der Waals surface area contributed by atoms with E-state index in [9.17, 15) is 9.59 Å². The predicted molar refractivity (Wildman–Crippen MR) is 279 cm³/mol. The molecular weight excluding hydrogens is 789 g/mol. The third-order valence-electron chi connectivity index (χ3n) is 12.0. The Hall–Kier alpha value is -2.40. The SMILES string of the molecule is CC/C=C\C/C=C\C/C=C\CCCCCCCCCCOCC(COC(=O)CCCCCCC/C=C\C/C=C\CCCCC)OC(=O)CCCCCCCCCCCCCCCCC. The Morgan fingerprint density at radius 3 is 1.16 bits per heavy atom. The van der Waals surface area contributed by atoms with E-state index in [1.165, 1.54) is 167 Å². The Balaban J connectivity index is 4.28. The molecule has 0 fully saturated rings. The van der Waals surface area contributed by atoms with Crippen LogP contribution in [0.1, 0.15) is 278 Å². The van der Waals surface area contributed by atoms with Crippen LogP contribution in [-0.4, -0.2) is 37.9 Å². The van der Waals surface area contributed by atoms with Gasteiger partial charge in [0.25, 0.3) is 0 Å². The van der Waals surface area contributed by atoms with Gasteiger partial charge in [-0.3, -0.25) is 9.59 Å². The monoisotopic (exact) mass is 895 g/mol. The van der Waals surface area contributed by atoms with E-state index < -0.39 is 6.10 Å². The van der Waals surface area contributed by atoms with Crippen LogP contribution in [0, 0.1) is 0 Å². The summed E-state index contributed by atoms with van der Waals surface area (Å²) in [6, 6.07) is 0. The van der Waals surface area contributed by atoms with Gasteiger partial charge < -0.3 is 14.2 Å². The van der Waals surface area contributed by atoms with Crippen LogP contribution in [0.15, 0.2) is 60.8 Å². The van der Waals surface area contributed by atoms with E-state index in [4.69, 9.17) is 14.2 Å². The first kappa shape index (κ1) is 61.6. The lowest BCUT2D eigenvalue weighted by Gasteiger charge is -2.18. The zero-order valence-electron chi connectivity index (χ0n) is 42.8. The predicted octanol–water partition coefficient (Wildman–Crippen LogP) is 18.9. The highest BCUT2D eigenvalue weighted by molar-refractivity contribution is 5.70. The minimum atomic E-state index is -0.545. The topological polar surface area (TPSA) is 61.8 Å². The molecule has 1 unspecified atom stereocenters. The summed E-state index contributed by atoms with van der Waals surface area (Å²) in [5, 5.41) is 0. The molecule has 0 radical (unpaired) electrons. The van der Waals surface area contributed by atoms with Gasteiger partial charge in [-0.05, 0) is 83.5 Å². The van der Waals surface area contributed by atoms with Gasteiger partial charge >= 0.3 is 11.9 Å². The summed E-state index contributed by atoms with van der Waals surface area (Å²) in [5.74, 6) is -0.406. The van der Waals surface area contributed by atoms with Crippen molar-refractivity contribution in [2.45, 2.75) is 284 Å². The second kappa shape index (κ2) is 54.9. The Morgan fingerprint density at radius 1 is 0.359 bits per heavy atom. The summed E-state index contributed by atoms with van der Waals surface area (Å²) in [6.07, 6.45) is 69.5. The van der Waals surface area contributed by atoms with Crippen molar-refractivity contribution in [3.05, 3.63) is 60.8 Å². The van der Waals surface area contributed by atoms with E-state index in [0.29, 0.717) is 19.4 Å². The number of hydrogen-bond acceptors (Lipinski definition) is 5. The molecule has 0 heterocycles. The van der Waals surface area contributed by atoms with E-state index in [2.05, 4.69) is 81.5 Å². The molecule has 0 saturated carbocycles. The molecule has 0 spiro atoms. The van der Waals surface area contributed by atoms with Crippen molar-refractivity contribution in [3.63, 3.8) is 0 Å². The number of esters is 2. The van der Waals surface area contributed by atoms with Gasteiger partial charge in [-0.2, -0.15) is 0 Å². The van der Waals surface area contributed by atoms with Crippen LogP contribution in [0.4, 0.5) is 0 Å². The zero-order chi connectivity index (χ0) is 46.3. The van der Waals surface area contributed by atoms with Crippen molar-refractivity contribution < 1.29 is 23.8 Å². The third-order valence-corrected chi connectivity index (χ3v) is 12.0. The van der Waals surface area contributed by atoms with Crippen LogP contribution in [-0.2, 0) is 23.8 Å². The van der Waals surface area contributed by atoms with Gasteiger partial charge in [0.2, 0.25) is 0 Å². The summed E-state index contributed by atoms with van der Waals surface area (Å²) >= 11 is 0. The van der Waals surface area contributed by atoms with Crippen LogP contribution in [0.5, 0.6) is 0 Å². The Kier molecular flexibility index (Phi) is 52.9. The third kappa shape index (κ3) is 52.2. The van der Waals surface area contributed by atoms with Gasteiger partial charge in [0.15, 0.2) is 6.10 Å². The average Bonchev–Trinajstić information content (AvgIpc) is 3.30. The quantitative estimate of drug-likeness (QED) is 0.0346. The second-order valence-corrected chi connectivity index (χ2v) is 18.5. The maximum absolute atomic E-state index is 12.8. The average molecular weight is 895 g/mol. The summed E-state index contributed by atoms with van der Waals surface area (Å²) in [7, 11) is 0. The molecule has 0 aromatic carbocycles. The van der Waals surface area contributed by atoms with Crippen molar-refractivity contribution in [3.8, 4) is 0 Å². The van der Waals surface area contributed by atoms with E-state index in [-0.39, 0.29) is 25.2 Å². The fraction of sp³-hybridized carbons (Fsp3) is 0.797. The molecule has 5 heteroatoms. The van der Waals surface area contributed by atoms with Crippen LogP contribution >= 0.6 is 0 Å². The molecule has 5 nitrogen and oxygen atoms in total. The molecule has 0 aromatic rings. The first-order valence-electron chi connectivity index (χ1n) is 27.8. The Morgan fingerprint density at radius 2 is 0.703 bits per heavy atom. The fourth-order valence-electron chi connectivity index (χ4n) is 7.91. The Labute approximate surface area is 398 Å². The van der Waals surface area contributed by atoms with Gasteiger partial charge in [-0.15, -0.1) is 0 Å². The van der Waals surface area contributed by atoms with Crippen LogP contribution in [0.2, 0.25) is 0 Å². The van der Waals surface area contributed by atoms with Crippen LogP contribution < -0.4 is 0 Å². The molecular formula is C59H106O5. The first-order valence-corrected chi connectivity index (χ1v) is 27.8. The summed E-state index contributed by atoms with van der Waals surface area (Å²) in [6.45, 7) is 7.70. The summed E-state index contributed by atoms with van der Waals surface area (Å²) in [5.41, 5.74) is 0. The number of carbonyl (C=O) groups excluding carboxylic acids is 2. The number of allylic oxidation sites excluding steroid dienone is 10. The number of rotatable bonds is 51. The van der Waals surface area contributed by atoms with E-state index in [1.54, 1.807) is 0 Å². The first-order chi connectivity index (χ1) is 31.6. The minimum Gasteiger partial charge on any atom is -0.462 e. The van der Waals surface area contributed by atoms with Gasteiger partial charge in [-0.25, -0.2) is 0 Å². The zero-order valence-corrected chi connectivity index (χ0v) is 42.8. The van der Waals surface area contributed by atoms with Crippen LogP contribution in [0.25, 0.3) is 0 Å². The molecule has 0 aromatic heterocycles.